The quantitative estimate of drug-likeness (QED) is 0.764. The van der Waals surface area contributed by atoms with E-state index in [9.17, 15) is 13.2 Å². The normalized spacial score (nSPS) is 11.5. The summed E-state index contributed by atoms with van der Waals surface area (Å²) in [5, 5.41) is 9.05. The van der Waals surface area contributed by atoms with Gasteiger partial charge in [0.25, 0.3) is 0 Å². The molecular formula is C13H10Cl2N4O3S. The van der Waals surface area contributed by atoms with Crippen molar-refractivity contribution in [3.63, 3.8) is 0 Å². The van der Waals surface area contributed by atoms with Crippen molar-refractivity contribution >= 4 is 39.2 Å². The van der Waals surface area contributed by atoms with Gasteiger partial charge < -0.3 is 0 Å². The number of carbonyl (C=O) groups is 1. The third-order valence-electron chi connectivity index (χ3n) is 2.89. The van der Waals surface area contributed by atoms with Crippen molar-refractivity contribution in [3.8, 4) is 6.07 Å². The van der Waals surface area contributed by atoms with Crippen LogP contribution in [0.1, 0.15) is 21.9 Å². The summed E-state index contributed by atoms with van der Waals surface area (Å²) in [5.41, 5.74) is -0.303. The Morgan fingerprint density at radius 2 is 1.87 bits per heavy atom. The van der Waals surface area contributed by atoms with E-state index in [1.165, 1.54) is 26.2 Å². The number of hydrogen-bond acceptors (Lipinski definition) is 5. The van der Waals surface area contributed by atoms with Gasteiger partial charge >= 0.3 is 10.2 Å². The predicted molar refractivity (Wildman–Crippen MR) is 84.8 cm³/mol. The Bertz CT molecular complexity index is 909. The van der Waals surface area contributed by atoms with Crippen molar-refractivity contribution < 1.29 is 13.2 Å². The van der Waals surface area contributed by atoms with Gasteiger partial charge in [0.15, 0.2) is 11.5 Å². The number of rotatable bonds is 4. The minimum absolute atomic E-state index is 0.0535. The molecule has 1 heterocycles. The van der Waals surface area contributed by atoms with Crippen molar-refractivity contribution in [1.29, 1.82) is 5.26 Å². The van der Waals surface area contributed by atoms with E-state index >= 15 is 0 Å². The third kappa shape index (κ3) is 3.09. The summed E-state index contributed by atoms with van der Waals surface area (Å²) < 4.78 is 26.1. The molecule has 0 unspecified atom stereocenters. The fourth-order valence-electron chi connectivity index (χ4n) is 1.75. The van der Waals surface area contributed by atoms with E-state index < -0.39 is 21.8 Å². The number of nitrogens with zero attached hydrogens (tertiary/aromatic N) is 4. The highest BCUT2D eigenvalue weighted by Gasteiger charge is 2.29. The molecule has 23 heavy (non-hydrogen) atoms. The molecule has 120 valence electrons. The largest absolute Gasteiger partial charge is 0.308 e. The van der Waals surface area contributed by atoms with Crippen LogP contribution in [0.15, 0.2) is 24.4 Å². The summed E-state index contributed by atoms with van der Waals surface area (Å²) in [7, 11) is -1.47. The second-order valence-corrected chi connectivity index (χ2v) is 7.41. The monoisotopic (exact) mass is 372 g/mol. The molecule has 1 aromatic heterocycles. The average molecular weight is 373 g/mol. The number of hydrogen-bond donors (Lipinski definition) is 0. The van der Waals surface area contributed by atoms with E-state index in [0.29, 0.717) is 3.97 Å². The number of imidazole rings is 1. The first-order valence-electron chi connectivity index (χ1n) is 6.11. The van der Waals surface area contributed by atoms with Crippen LogP contribution in [0.3, 0.4) is 0 Å². The smallest absolute Gasteiger partial charge is 0.285 e. The van der Waals surface area contributed by atoms with E-state index in [-0.39, 0.29) is 21.3 Å². The molecule has 0 aliphatic carbocycles. The Labute approximate surface area is 142 Å². The lowest BCUT2D eigenvalue weighted by Gasteiger charge is -2.14. The van der Waals surface area contributed by atoms with Gasteiger partial charge in [0.2, 0.25) is 5.78 Å². The highest BCUT2D eigenvalue weighted by Crippen LogP contribution is 2.27. The fraction of sp³-hybridized carbons (Fsp3) is 0.154. The minimum atomic E-state index is -4.05. The van der Waals surface area contributed by atoms with Crippen LogP contribution in [0.25, 0.3) is 0 Å². The molecule has 0 atom stereocenters. The average Bonchev–Trinajstić information content (AvgIpc) is 2.91. The van der Waals surface area contributed by atoms with Crippen LogP contribution in [-0.4, -0.2) is 41.6 Å². The van der Waals surface area contributed by atoms with Crippen LogP contribution in [0, 0.1) is 11.3 Å². The third-order valence-corrected chi connectivity index (χ3v) is 5.22. The second-order valence-electron chi connectivity index (χ2n) is 4.57. The summed E-state index contributed by atoms with van der Waals surface area (Å²) in [4.78, 5) is 16.4. The van der Waals surface area contributed by atoms with Crippen molar-refractivity contribution in [1.82, 2.24) is 13.3 Å². The topological polar surface area (TPSA) is 96.1 Å². The van der Waals surface area contributed by atoms with Crippen LogP contribution in [-0.2, 0) is 10.2 Å². The molecule has 0 saturated carbocycles. The zero-order valence-corrected chi connectivity index (χ0v) is 14.3. The van der Waals surface area contributed by atoms with Gasteiger partial charge in [0.1, 0.15) is 6.07 Å². The van der Waals surface area contributed by atoms with Gasteiger partial charge in [-0.05, 0) is 12.1 Å². The van der Waals surface area contributed by atoms with Gasteiger partial charge in [-0.1, -0.05) is 29.3 Å². The number of carbonyl (C=O) groups excluding carboxylic acids is 1. The Hall–Kier alpha value is -1.92. The van der Waals surface area contributed by atoms with Crippen molar-refractivity contribution in [3.05, 3.63) is 51.5 Å². The van der Waals surface area contributed by atoms with Crippen molar-refractivity contribution in [2.24, 2.45) is 0 Å². The van der Waals surface area contributed by atoms with E-state index in [2.05, 4.69) is 4.98 Å². The van der Waals surface area contributed by atoms with Crippen molar-refractivity contribution in [2.45, 2.75) is 0 Å². The summed E-state index contributed by atoms with van der Waals surface area (Å²) in [6.07, 6.45) is 0.966. The molecule has 0 aliphatic heterocycles. The number of halogens is 2. The molecule has 2 rings (SSSR count). The Balaban J connectivity index is 2.72. The van der Waals surface area contributed by atoms with Gasteiger partial charge in [0, 0.05) is 14.1 Å². The molecule has 0 N–H and O–H groups in total. The van der Waals surface area contributed by atoms with Crippen molar-refractivity contribution in [2.75, 3.05) is 14.1 Å². The van der Waals surface area contributed by atoms with Crippen LogP contribution >= 0.6 is 23.2 Å². The molecule has 0 bridgehead atoms. The number of ketones is 1. The maximum absolute atomic E-state index is 12.7. The maximum Gasteiger partial charge on any atom is 0.308 e. The Kier molecular flexibility index (Phi) is 4.77. The number of nitriles is 1. The second kappa shape index (κ2) is 6.29. The van der Waals surface area contributed by atoms with Gasteiger partial charge in [-0.2, -0.15) is 18.0 Å². The lowest BCUT2D eigenvalue weighted by atomic mass is 10.1. The molecule has 0 radical (unpaired) electrons. The summed E-state index contributed by atoms with van der Waals surface area (Å²) >= 11 is 12.0. The lowest BCUT2D eigenvalue weighted by Crippen LogP contribution is -2.31. The van der Waals surface area contributed by atoms with E-state index in [4.69, 9.17) is 28.5 Å². The standard InChI is InChI=1S/C13H10Cl2N4O3S/c1-18(2)23(21,22)19-7-8(6-16)17-13(19)12(20)11-9(14)4-3-5-10(11)15/h3-5,7H,1-2H3. The van der Waals surface area contributed by atoms with Crippen LogP contribution < -0.4 is 0 Å². The summed E-state index contributed by atoms with van der Waals surface area (Å²) in [6, 6.07) is 6.14. The first-order chi connectivity index (χ1) is 10.7. The van der Waals surface area contributed by atoms with Gasteiger partial charge in [0.05, 0.1) is 21.8 Å². The van der Waals surface area contributed by atoms with E-state index in [1.807, 2.05) is 0 Å². The predicted octanol–water partition coefficient (Wildman–Crippen LogP) is 1.95. The molecule has 2 aromatic rings. The molecule has 0 fully saturated rings. The number of benzene rings is 1. The first-order valence-corrected chi connectivity index (χ1v) is 8.26. The molecule has 0 amide bonds. The lowest BCUT2D eigenvalue weighted by molar-refractivity contribution is 0.102. The van der Waals surface area contributed by atoms with Gasteiger partial charge in [-0.25, -0.2) is 8.96 Å². The molecular weight excluding hydrogens is 363 g/mol. The highest BCUT2D eigenvalue weighted by atomic mass is 35.5. The van der Waals surface area contributed by atoms with Crippen LogP contribution in [0.5, 0.6) is 0 Å². The maximum atomic E-state index is 12.7. The SMILES string of the molecule is CN(C)S(=O)(=O)n1cc(C#N)nc1C(=O)c1c(Cl)cccc1Cl. The zero-order chi connectivity index (χ0) is 17.4. The molecule has 0 aliphatic rings. The molecule has 10 heteroatoms. The van der Waals surface area contributed by atoms with E-state index in [0.717, 1.165) is 10.5 Å². The fourth-order valence-corrected chi connectivity index (χ4v) is 3.24. The molecule has 0 saturated heterocycles. The summed E-state index contributed by atoms with van der Waals surface area (Å²) in [5.74, 6) is -1.27. The minimum Gasteiger partial charge on any atom is -0.285 e. The summed E-state index contributed by atoms with van der Waals surface area (Å²) in [6.45, 7) is 0. The van der Waals surface area contributed by atoms with Gasteiger partial charge in [-0.15, -0.1) is 0 Å². The van der Waals surface area contributed by atoms with E-state index in [1.54, 1.807) is 12.1 Å². The van der Waals surface area contributed by atoms with Crippen LogP contribution in [0.4, 0.5) is 0 Å². The molecule has 0 spiro atoms. The highest BCUT2D eigenvalue weighted by molar-refractivity contribution is 7.87. The van der Waals surface area contributed by atoms with Gasteiger partial charge in [-0.3, -0.25) is 4.79 Å². The molecule has 7 nitrogen and oxygen atoms in total. The van der Waals surface area contributed by atoms with Crippen LogP contribution in [0.2, 0.25) is 10.0 Å². The Morgan fingerprint density at radius 3 is 2.35 bits per heavy atom. The number of aromatic nitrogens is 2. The Morgan fingerprint density at radius 1 is 1.30 bits per heavy atom. The molecule has 1 aromatic carbocycles. The first kappa shape index (κ1) is 17.4. The zero-order valence-electron chi connectivity index (χ0n) is 12.0.